The molecule has 1 heterocycles. The summed E-state index contributed by atoms with van der Waals surface area (Å²) in [5.74, 6) is 0.318. The van der Waals surface area contributed by atoms with Crippen LogP contribution in [0, 0.1) is 13.8 Å². The lowest BCUT2D eigenvalue weighted by atomic mass is 10.0. The number of thioether (sulfide) groups is 1. The number of hydrogen-bond acceptors (Lipinski definition) is 3. The van der Waals surface area contributed by atoms with Crippen molar-refractivity contribution in [1.82, 2.24) is 9.55 Å². The van der Waals surface area contributed by atoms with Crippen LogP contribution in [0.1, 0.15) is 36.1 Å². The zero-order valence-corrected chi connectivity index (χ0v) is 17.8. The summed E-state index contributed by atoms with van der Waals surface area (Å²) in [4.78, 5) is 17.1. The molecule has 3 aromatic rings. The number of carbonyl (C=O) groups is 1. The molecule has 0 saturated carbocycles. The Labute approximate surface area is 171 Å². The molecule has 0 unspecified atom stereocenters. The Bertz CT molecular complexity index is 935. The smallest absolute Gasteiger partial charge is 0.234 e. The van der Waals surface area contributed by atoms with Crippen molar-refractivity contribution in [3.63, 3.8) is 0 Å². The molecule has 146 valence electrons. The number of para-hydroxylation sites is 1. The average Bonchev–Trinajstić information content (AvgIpc) is 3.14. The van der Waals surface area contributed by atoms with Gasteiger partial charge in [-0.25, -0.2) is 4.98 Å². The Morgan fingerprint density at radius 1 is 1.07 bits per heavy atom. The summed E-state index contributed by atoms with van der Waals surface area (Å²) in [6, 6.07) is 12.6. The highest BCUT2D eigenvalue weighted by Crippen LogP contribution is 2.25. The minimum Gasteiger partial charge on any atom is -0.325 e. The van der Waals surface area contributed by atoms with E-state index in [0.29, 0.717) is 5.75 Å². The first-order valence-corrected chi connectivity index (χ1v) is 10.7. The number of rotatable bonds is 7. The number of nitrogens with one attached hydrogen (secondary N) is 1. The van der Waals surface area contributed by atoms with E-state index in [1.807, 2.05) is 10.8 Å². The van der Waals surface area contributed by atoms with E-state index in [-0.39, 0.29) is 5.91 Å². The number of benzene rings is 2. The van der Waals surface area contributed by atoms with Crippen LogP contribution < -0.4 is 5.32 Å². The van der Waals surface area contributed by atoms with Gasteiger partial charge >= 0.3 is 0 Å². The van der Waals surface area contributed by atoms with E-state index in [1.165, 1.54) is 34.0 Å². The van der Waals surface area contributed by atoms with Gasteiger partial charge in [-0.15, -0.1) is 0 Å². The quantitative estimate of drug-likeness (QED) is 0.551. The number of anilines is 1. The highest BCUT2D eigenvalue weighted by atomic mass is 32.2. The standard InChI is InChI=1S/C23H27N3OS/c1-5-18-8-7-9-19(6-2)22(18)25-21(27)15-28-23-24-10-11-26(23)20-13-16(3)12-17(4)14-20/h7-14H,5-6,15H2,1-4H3,(H,25,27). The first-order chi connectivity index (χ1) is 13.5. The second kappa shape index (κ2) is 9.11. The van der Waals surface area contributed by atoms with Crippen LogP contribution in [-0.2, 0) is 17.6 Å². The van der Waals surface area contributed by atoms with Crippen LogP contribution in [0.15, 0.2) is 53.9 Å². The van der Waals surface area contributed by atoms with Gasteiger partial charge in [0, 0.05) is 23.8 Å². The van der Waals surface area contributed by atoms with Gasteiger partial charge < -0.3 is 5.32 Å². The SMILES string of the molecule is CCc1cccc(CC)c1NC(=O)CSc1nccn1-c1cc(C)cc(C)c1. The summed E-state index contributed by atoms with van der Waals surface area (Å²) in [6.07, 6.45) is 5.51. The normalized spacial score (nSPS) is 10.9. The molecular weight excluding hydrogens is 366 g/mol. The molecule has 0 spiro atoms. The van der Waals surface area contributed by atoms with E-state index in [1.54, 1.807) is 6.20 Å². The second-order valence-corrected chi connectivity index (χ2v) is 7.86. The number of nitrogens with zero attached hydrogens (tertiary/aromatic N) is 2. The maximum absolute atomic E-state index is 12.6. The van der Waals surface area contributed by atoms with E-state index in [9.17, 15) is 4.79 Å². The summed E-state index contributed by atoms with van der Waals surface area (Å²) < 4.78 is 2.04. The van der Waals surface area contributed by atoms with E-state index < -0.39 is 0 Å². The molecule has 0 bridgehead atoms. The third-order valence-electron chi connectivity index (χ3n) is 4.69. The lowest BCUT2D eigenvalue weighted by molar-refractivity contribution is -0.113. The Morgan fingerprint density at radius 3 is 2.32 bits per heavy atom. The number of amides is 1. The fourth-order valence-electron chi connectivity index (χ4n) is 3.39. The summed E-state index contributed by atoms with van der Waals surface area (Å²) in [5, 5.41) is 3.94. The minimum absolute atomic E-state index is 0.00410. The molecule has 4 nitrogen and oxygen atoms in total. The van der Waals surface area contributed by atoms with E-state index >= 15 is 0 Å². The van der Waals surface area contributed by atoms with Crippen molar-refractivity contribution in [3.05, 3.63) is 71.0 Å². The molecule has 5 heteroatoms. The largest absolute Gasteiger partial charge is 0.325 e. The molecule has 28 heavy (non-hydrogen) atoms. The fourth-order valence-corrected chi connectivity index (χ4v) is 4.16. The third-order valence-corrected chi connectivity index (χ3v) is 5.65. The maximum atomic E-state index is 12.6. The number of imidazole rings is 1. The first-order valence-electron chi connectivity index (χ1n) is 9.67. The Kier molecular flexibility index (Phi) is 6.57. The fraction of sp³-hybridized carbons (Fsp3) is 0.304. The van der Waals surface area contributed by atoms with Crippen LogP contribution in [0.3, 0.4) is 0 Å². The Hall–Kier alpha value is -2.53. The summed E-state index contributed by atoms with van der Waals surface area (Å²) in [7, 11) is 0. The van der Waals surface area contributed by atoms with Gasteiger partial charge in [-0.2, -0.15) is 0 Å². The van der Waals surface area contributed by atoms with Gasteiger partial charge in [0.25, 0.3) is 0 Å². The van der Waals surface area contributed by atoms with E-state index in [4.69, 9.17) is 0 Å². The molecule has 3 rings (SSSR count). The molecule has 0 aliphatic carbocycles. The number of hydrogen-bond donors (Lipinski definition) is 1. The topological polar surface area (TPSA) is 46.9 Å². The Morgan fingerprint density at radius 2 is 1.71 bits per heavy atom. The summed E-state index contributed by atoms with van der Waals surface area (Å²) >= 11 is 1.45. The third kappa shape index (κ3) is 4.65. The predicted molar refractivity (Wildman–Crippen MR) is 118 cm³/mol. The van der Waals surface area contributed by atoms with Crippen LogP contribution >= 0.6 is 11.8 Å². The molecule has 0 saturated heterocycles. The lowest BCUT2D eigenvalue weighted by Crippen LogP contribution is -2.17. The maximum Gasteiger partial charge on any atom is 0.234 e. The molecule has 0 atom stereocenters. The molecule has 2 aromatic carbocycles. The number of aryl methyl sites for hydroxylation is 4. The van der Waals surface area contributed by atoms with Gasteiger partial charge in [0.1, 0.15) is 0 Å². The van der Waals surface area contributed by atoms with Crippen LogP contribution in [0.25, 0.3) is 5.69 Å². The van der Waals surface area contributed by atoms with Crippen molar-refractivity contribution < 1.29 is 4.79 Å². The lowest BCUT2D eigenvalue weighted by Gasteiger charge is -2.14. The van der Waals surface area contributed by atoms with Gasteiger partial charge in [0.2, 0.25) is 5.91 Å². The van der Waals surface area contributed by atoms with E-state index in [2.05, 4.69) is 74.4 Å². The van der Waals surface area contributed by atoms with Crippen molar-refractivity contribution in [2.24, 2.45) is 0 Å². The zero-order chi connectivity index (χ0) is 20.1. The molecule has 1 amide bonds. The number of aromatic nitrogens is 2. The predicted octanol–water partition coefficient (Wildman–Crippen LogP) is 5.34. The van der Waals surface area contributed by atoms with Crippen LogP contribution in [0.5, 0.6) is 0 Å². The zero-order valence-electron chi connectivity index (χ0n) is 17.0. The highest BCUT2D eigenvalue weighted by Gasteiger charge is 2.13. The van der Waals surface area contributed by atoms with Gasteiger partial charge in [0.15, 0.2) is 5.16 Å². The van der Waals surface area contributed by atoms with Crippen molar-refractivity contribution >= 4 is 23.4 Å². The van der Waals surface area contributed by atoms with Crippen molar-refractivity contribution in [2.45, 2.75) is 45.7 Å². The van der Waals surface area contributed by atoms with Gasteiger partial charge in [-0.05, 0) is 61.1 Å². The second-order valence-electron chi connectivity index (χ2n) is 6.92. The summed E-state index contributed by atoms with van der Waals surface area (Å²) in [6.45, 7) is 8.40. The highest BCUT2D eigenvalue weighted by molar-refractivity contribution is 7.99. The molecule has 0 fully saturated rings. The van der Waals surface area contributed by atoms with Gasteiger partial charge in [0.05, 0.1) is 5.75 Å². The Balaban J connectivity index is 1.73. The first kappa shape index (κ1) is 20.2. The van der Waals surface area contributed by atoms with Crippen LogP contribution in [0.4, 0.5) is 5.69 Å². The van der Waals surface area contributed by atoms with Crippen molar-refractivity contribution in [2.75, 3.05) is 11.1 Å². The molecule has 1 N–H and O–H groups in total. The monoisotopic (exact) mass is 393 g/mol. The average molecular weight is 394 g/mol. The molecular formula is C23H27N3OS. The molecule has 0 aliphatic rings. The number of carbonyl (C=O) groups excluding carboxylic acids is 1. The summed E-state index contributed by atoms with van der Waals surface area (Å²) in [5.41, 5.74) is 6.81. The van der Waals surface area contributed by atoms with E-state index in [0.717, 1.165) is 29.4 Å². The van der Waals surface area contributed by atoms with Gasteiger partial charge in [-0.3, -0.25) is 9.36 Å². The van der Waals surface area contributed by atoms with Crippen LogP contribution in [-0.4, -0.2) is 21.2 Å². The molecule has 1 aromatic heterocycles. The van der Waals surface area contributed by atoms with Crippen LogP contribution in [0.2, 0.25) is 0 Å². The molecule has 0 radical (unpaired) electrons. The minimum atomic E-state index is -0.00410. The van der Waals surface area contributed by atoms with Crippen molar-refractivity contribution in [1.29, 1.82) is 0 Å². The molecule has 0 aliphatic heterocycles. The van der Waals surface area contributed by atoms with Gasteiger partial charge in [-0.1, -0.05) is 49.9 Å². The van der Waals surface area contributed by atoms with Crippen molar-refractivity contribution in [3.8, 4) is 5.69 Å².